The predicted octanol–water partition coefficient (Wildman–Crippen LogP) is 2.15. The van der Waals surface area contributed by atoms with Crippen LogP contribution in [0.1, 0.15) is 10.4 Å². The molecule has 0 heterocycles. The van der Waals surface area contributed by atoms with Gasteiger partial charge < -0.3 is 4.74 Å². The first-order chi connectivity index (χ1) is 7.69. The molecule has 0 unspecified atom stereocenters. The molecular weight excluding hydrogens is 230 g/mol. The fourth-order valence-electron chi connectivity index (χ4n) is 1.11. The van der Waals surface area contributed by atoms with E-state index >= 15 is 0 Å². The Morgan fingerprint density at radius 3 is 2.88 bits per heavy atom. The molecule has 6 heteroatoms. The van der Waals surface area contributed by atoms with Crippen molar-refractivity contribution in [2.75, 3.05) is 18.6 Å². The summed E-state index contributed by atoms with van der Waals surface area (Å²) in [4.78, 5) is 20.7. The van der Waals surface area contributed by atoms with Crippen LogP contribution in [0, 0.1) is 10.1 Å². The molecule has 16 heavy (non-hydrogen) atoms. The maximum atomic E-state index is 10.7. The predicted molar refractivity (Wildman–Crippen MR) is 62.4 cm³/mol. The summed E-state index contributed by atoms with van der Waals surface area (Å²) in [7, 11) is 0. The maximum Gasteiger partial charge on any atom is 0.310 e. The first-order valence-corrected chi connectivity index (χ1v) is 5.93. The van der Waals surface area contributed by atoms with Gasteiger partial charge in [-0.15, -0.1) is 0 Å². The molecule has 0 saturated heterocycles. The molecule has 86 valence electrons. The molecule has 0 aliphatic heterocycles. The van der Waals surface area contributed by atoms with E-state index in [0.717, 1.165) is 5.75 Å². The molecular formula is C10H11NO4S. The molecule has 0 aromatic heterocycles. The van der Waals surface area contributed by atoms with E-state index in [1.165, 1.54) is 18.2 Å². The number of nitro groups is 1. The van der Waals surface area contributed by atoms with Crippen LogP contribution in [0.3, 0.4) is 0 Å². The summed E-state index contributed by atoms with van der Waals surface area (Å²) in [5, 5.41) is 10.7. The average Bonchev–Trinajstić information content (AvgIpc) is 2.29. The summed E-state index contributed by atoms with van der Waals surface area (Å²) < 4.78 is 5.26. The second kappa shape index (κ2) is 6.12. The number of aldehydes is 1. The number of nitro benzene ring substituents is 1. The summed E-state index contributed by atoms with van der Waals surface area (Å²) in [5.74, 6) is 0.881. The molecule has 1 rings (SSSR count). The molecule has 0 N–H and O–H groups in total. The molecule has 0 spiro atoms. The SMILES string of the molecule is CSCCOc1cc(C=O)ccc1[N+](=O)[O-]. The fraction of sp³-hybridized carbons (Fsp3) is 0.300. The van der Waals surface area contributed by atoms with Gasteiger partial charge in [0.2, 0.25) is 0 Å². The zero-order valence-corrected chi connectivity index (χ0v) is 9.53. The van der Waals surface area contributed by atoms with E-state index in [0.29, 0.717) is 18.5 Å². The smallest absolute Gasteiger partial charge is 0.310 e. The van der Waals surface area contributed by atoms with Gasteiger partial charge in [0, 0.05) is 17.4 Å². The minimum Gasteiger partial charge on any atom is -0.486 e. The lowest BCUT2D eigenvalue weighted by Crippen LogP contribution is -2.03. The fourth-order valence-corrected chi connectivity index (χ4v) is 1.36. The van der Waals surface area contributed by atoms with Crippen molar-refractivity contribution in [2.24, 2.45) is 0 Å². The molecule has 0 bridgehead atoms. The number of benzene rings is 1. The topological polar surface area (TPSA) is 69.4 Å². The van der Waals surface area contributed by atoms with E-state index in [-0.39, 0.29) is 11.4 Å². The summed E-state index contributed by atoms with van der Waals surface area (Å²) in [6, 6.07) is 4.05. The summed E-state index contributed by atoms with van der Waals surface area (Å²) in [6.45, 7) is 0.379. The largest absolute Gasteiger partial charge is 0.486 e. The lowest BCUT2D eigenvalue weighted by atomic mass is 10.2. The van der Waals surface area contributed by atoms with Crippen LogP contribution in [0.25, 0.3) is 0 Å². The van der Waals surface area contributed by atoms with E-state index in [2.05, 4.69) is 0 Å². The highest BCUT2D eigenvalue weighted by atomic mass is 32.2. The van der Waals surface area contributed by atoms with E-state index in [1.807, 2.05) is 6.26 Å². The van der Waals surface area contributed by atoms with Crippen LogP contribution in [0.15, 0.2) is 18.2 Å². The third-order valence-corrected chi connectivity index (χ3v) is 2.44. The van der Waals surface area contributed by atoms with E-state index in [1.54, 1.807) is 11.8 Å². The molecule has 0 saturated carbocycles. The Morgan fingerprint density at radius 2 is 2.31 bits per heavy atom. The number of thioether (sulfide) groups is 1. The highest BCUT2D eigenvalue weighted by molar-refractivity contribution is 7.98. The van der Waals surface area contributed by atoms with Crippen molar-refractivity contribution in [3.8, 4) is 5.75 Å². The summed E-state index contributed by atoms with van der Waals surface area (Å²) in [6.07, 6.45) is 2.55. The molecule has 0 fully saturated rings. The Kier molecular flexibility index (Phi) is 4.78. The lowest BCUT2D eigenvalue weighted by molar-refractivity contribution is -0.385. The van der Waals surface area contributed by atoms with Gasteiger partial charge in [-0.25, -0.2) is 0 Å². The number of ether oxygens (including phenoxy) is 1. The highest BCUT2D eigenvalue weighted by Gasteiger charge is 2.15. The molecule has 0 aliphatic rings. The molecule has 5 nitrogen and oxygen atoms in total. The van der Waals surface area contributed by atoms with E-state index in [4.69, 9.17) is 4.74 Å². The van der Waals surface area contributed by atoms with Gasteiger partial charge in [-0.1, -0.05) is 0 Å². The number of hydrogen-bond donors (Lipinski definition) is 0. The maximum absolute atomic E-state index is 10.7. The monoisotopic (exact) mass is 241 g/mol. The number of rotatable bonds is 6. The minimum atomic E-state index is -0.525. The van der Waals surface area contributed by atoms with E-state index in [9.17, 15) is 14.9 Å². The van der Waals surface area contributed by atoms with Crippen molar-refractivity contribution in [1.29, 1.82) is 0 Å². The summed E-state index contributed by atoms with van der Waals surface area (Å²) >= 11 is 1.58. The average molecular weight is 241 g/mol. The first-order valence-electron chi connectivity index (χ1n) is 4.54. The molecule has 1 aromatic rings. The quantitative estimate of drug-likeness (QED) is 0.330. The van der Waals surface area contributed by atoms with Gasteiger partial charge in [-0.3, -0.25) is 14.9 Å². The second-order valence-electron chi connectivity index (χ2n) is 2.94. The number of nitrogens with zero attached hydrogens (tertiary/aromatic N) is 1. The standard InChI is InChI=1S/C10H11NO4S/c1-16-5-4-15-10-6-8(7-12)2-3-9(10)11(13)14/h2-3,6-7H,4-5H2,1H3. The second-order valence-corrected chi connectivity index (χ2v) is 3.93. The van der Waals surface area contributed by atoms with Gasteiger partial charge >= 0.3 is 5.69 Å². The van der Waals surface area contributed by atoms with Crippen molar-refractivity contribution in [3.63, 3.8) is 0 Å². The van der Waals surface area contributed by atoms with Crippen LogP contribution < -0.4 is 4.74 Å². The van der Waals surface area contributed by atoms with Crippen molar-refractivity contribution in [1.82, 2.24) is 0 Å². The Morgan fingerprint density at radius 1 is 1.56 bits per heavy atom. The van der Waals surface area contributed by atoms with Crippen LogP contribution in [-0.4, -0.2) is 29.8 Å². The van der Waals surface area contributed by atoms with Crippen molar-refractivity contribution in [2.45, 2.75) is 0 Å². The zero-order valence-electron chi connectivity index (χ0n) is 8.71. The van der Waals surface area contributed by atoms with Crippen LogP contribution in [0.2, 0.25) is 0 Å². The number of carbonyl (C=O) groups is 1. The lowest BCUT2D eigenvalue weighted by Gasteiger charge is -2.06. The van der Waals surface area contributed by atoms with Crippen LogP contribution in [-0.2, 0) is 0 Å². The Hall–Kier alpha value is -1.56. The van der Waals surface area contributed by atoms with Crippen molar-refractivity contribution < 1.29 is 14.5 Å². The van der Waals surface area contributed by atoms with Crippen LogP contribution in [0.4, 0.5) is 5.69 Å². The van der Waals surface area contributed by atoms with Gasteiger partial charge in [0.05, 0.1) is 11.5 Å². The molecule has 0 amide bonds. The highest BCUT2D eigenvalue weighted by Crippen LogP contribution is 2.27. The van der Waals surface area contributed by atoms with Crippen molar-refractivity contribution in [3.05, 3.63) is 33.9 Å². The Balaban J connectivity index is 2.91. The third kappa shape index (κ3) is 3.23. The molecule has 0 radical (unpaired) electrons. The Labute approximate surface area is 96.9 Å². The normalized spacial score (nSPS) is 9.81. The minimum absolute atomic E-state index is 0.119. The molecule has 0 atom stereocenters. The van der Waals surface area contributed by atoms with Crippen LogP contribution in [0.5, 0.6) is 5.75 Å². The molecule has 1 aromatic carbocycles. The van der Waals surface area contributed by atoms with Gasteiger partial charge in [0.15, 0.2) is 5.75 Å². The van der Waals surface area contributed by atoms with Crippen molar-refractivity contribution >= 4 is 23.7 Å². The van der Waals surface area contributed by atoms with Gasteiger partial charge in [-0.2, -0.15) is 11.8 Å². The van der Waals surface area contributed by atoms with Gasteiger partial charge in [-0.05, 0) is 18.4 Å². The number of carbonyl (C=O) groups excluding carboxylic acids is 1. The van der Waals surface area contributed by atoms with E-state index < -0.39 is 4.92 Å². The zero-order chi connectivity index (χ0) is 12.0. The molecule has 0 aliphatic carbocycles. The number of hydrogen-bond acceptors (Lipinski definition) is 5. The third-order valence-electron chi connectivity index (χ3n) is 1.86. The Bertz CT molecular complexity index is 394. The summed E-state index contributed by atoms with van der Waals surface area (Å²) in [5.41, 5.74) is 0.247. The van der Waals surface area contributed by atoms with Crippen LogP contribution >= 0.6 is 11.8 Å². The van der Waals surface area contributed by atoms with Gasteiger partial charge in [0.1, 0.15) is 6.29 Å². The van der Waals surface area contributed by atoms with Gasteiger partial charge in [0.25, 0.3) is 0 Å². The first kappa shape index (κ1) is 12.5.